The van der Waals surface area contributed by atoms with Crippen molar-refractivity contribution in [2.75, 3.05) is 0 Å². The third kappa shape index (κ3) is 4.57. The predicted octanol–water partition coefficient (Wildman–Crippen LogP) is 5.42. The van der Waals surface area contributed by atoms with Crippen molar-refractivity contribution in [1.29, 1.82) is 0 Å². The molecule has 4 aromatic rings. The highest BCUT2D eigenvalue weighted by Crippen LogP contribution is 2.37. The van der Waals surface area contributed by atoms with Crippen LogP contribution in [0.15, 0.2) is 53.6 Å². The van der Waals surface area contributed by atoms with Crippen LogP contribution in [0.5, 0.6) is 11.5 Å². The summed E-state index contributed by atoms with van der Waals surface area (Å²) in [4.78, 5) is 29.0. The summed E-state index contributed by atoms with van der Waals surface area (Å²) >= 11 is 11.8. The van der Waals surface area contributed by atoms with Gasteiger partial charge in [-0.15, -0.1) is 0 Å². The second-order valence-corrected chi connectivity index (χ2v) is 7.82. The summed E-state index contributed by atoms with van der Waals surface area (Å²) < 4.78 is 48.2. The van der Waals surface area contributed by atoms with Crippen LogP contribution in [0.3, 0.4) is 0 Å². The minimum atomic E-state index is -4.86. The van der Waals surface area contributed by atoms with E-state index in [1.54, 1.807) is 12.1 Å². The van der Waals surface area contributed by atoms with E-state index in [2.05, 4.69) is 10.1 Å². The molecule has 0 N–H and O–H groups in total. The van der Waals surface area contributed by atoms with Crippen LogP contribution in [-0.2, 0) is 12.7 Å². The molecule has 3 heterocycles. The van der Waals surface area contributed by atoms with E-state index in [0.717, 1.165) is 21.5 Å². The van der Waals surface area contributed by atoms with E-state index in [0.29, 0.717) is 5.39 Å². The topological polar surface area (TPSA) is 79.0 Å². The van der Waals surface area contributed by atoms with E-state index in [1.807, 2.05) is 0 Å². The lowest BCUT2D eigenvalue weighted by Crippen LogP contribution is -2.25. The van der Waals surface area contributed by atoms with Gasteiger partial charge in [-0.2, -0.15) is 23.0 Å². The maximum Gasteiger partial charge on any atom is 0.420 e. The number of nitrogens with zero attached hydrogens (tertiary/aromatic N) is 4. The van der Waals surface area contributed by atoms with Crippen molar-refractivity contribution in [2.45, 2.75) is 19.6 Å². The molecular weight excluding hydrogens is 484 g/mol. The lowest BCUT2D eigenvalue weighted by Gasteiger charge is -2.15. The first-order valence-corrected chi connectivity index (χ1v) is 10.1. The molecule has 0 bridgehead atoms. The fourth-order valence-electron chi connectivity index (χ4n) is 3.22. The van der Waals surface area contributed by atoms with Crippen LogP contribution in [0, 0.1) is 0 Å². The van der Waals surface area contributed by atoms with Crippen LogP contribution in [0.2, 0.25) is 10.0 Å². The van der Waals surface area contributed by atoms with Gasteiger partial charge in [0.1, 0.15) is 11.3 Å². The number of hydrogen-bond acceptors (Lipinski definition) is 5. The molecule has 0 radical (unpaired) electrons. The second kappa shape index (κ2) is 8.53. The Morgan fingerprint density at radius 1 is 1.15 bits per heavy atom. The number of hydrogen-bond donors (Lipinski definition) is 0. The average molecular weight is 497 g/mol. The average Bonchev–Trinajstić information content (AvgIpc) is 3.08. The van der Waals surface area contributed by atoms with Gasteiger partial charge in [0.2, 0.25) is 11.7 Å². The number of rotatable bonds is 4. The molecule has 4 rings (SSSR count). The zero-order valence-electron chi connectivity index (χ0n) is 16.7. The highest BCUT2D eigenvalue weighted by Gasteiger charge is 2.36. The number of benzene rings is 1. The quantitative estimate of drug-likeness (QED) is 0.376. The van der Waals surface area contributed by atoms with E-state index in [9.17, 15) is 22.8 Å². The molecule has 3 aromatic heterocycles. The van der Waals surface area contributed by atoms with E-state index in [-0.39, 0.29) is 33.7 Å². The number of aromatic nitrogens is 4. The molecule has 0 unspecified atom stereocenters. The molecule has 0 saturated carbocycles. The maximum atomic E-state index is 13.6. The number of ether oxygens (including phenoxy) is 1. The number of pyridine rings is 2. The summed E-state index contributed by atoms with van der Waals surface area (Å²) in [6.07, 6.45) is -2.40. The van der Waals surface area contributed by atoms with Gasteiger partial charge in [0, 0.05) is 34.7 Å². The van der Waals surface area contributed by atoms with Crippen molar-refractivity contribution >= 4 is 40.1 Å². The molecule has 0 aliphatic rings. The number of carbonyl (C=O) groups is 1. The molecule has 0 fully saturated rings. The normalized spacial score (nSPS) is 11.7. The maximum absolute atomic E-state index is 13.6. The van der Waals surface area contributed by atoms with Crippen LogP contribution >= 0.6 is 23.2 Å². The highest BCUT2D eigenvalue weighted by molar-refractivity contribution is 6.34. The smallest absolute Gasteiger partial charge is 0.420 e. The van der Waals surface area contributed by atoms with E-state index < -0.39 is 29.0 Å². The molecule has 12 heteroatoms. The molecule has 0 atom stereocenters. The summed E-state index contributed by atoms with van der Waals surface area (Å²) in [5, 5.41) is 4.90. The van der Waals surface area contributed by atoms with Gasteiger partial charge < -0.3 is 9.30 Å². The first-order valence-electron chi connectivity index (χ1n) is 9.33. The molecule has 0 amide bonds. The fraction of sp³-hybridized carbons (Fsp3) is 0.143. The second-order valence-electron chi connectivity index (χ2n) is 6.95. The Labute approximate surface area is 193 Å². The van der Waals surface area contributed by atoms with Crippen LogP contribution in [0.25, 0.3) is 11.0 Å². The van der Waals surface area contributed by atoms with Gasteiger partial charge in [-0.3, -0.25) is 9.59 Å². The standard InChI is InChI=1S/C21H13Cl2F3N4O3/c1-11(31)30-19-15(3-2-5-27-19)17(28-30)10-29-6-4-16(21(24,25)26)18(20(29)32)33-14-8-12(22)7-13(23)9-14/h2-9H,10H2,1H3. The Morgan fingerprint density at radius 2 is 1.85 bits per heavy atom. The van der Waals surface area contributed by atoms with Gasteiger partial charge in [-0.1, -0.05) is 23.2 Å². The Bertz CT molecular complexity index is 1430. The molecule has 7 nitrogen and oxygen atoms in total. The van der Waals surface area contributed by atoms with Crippen molar-refractivity contribution < 1.29 is 22.7 Å². The number of alkyl halides is 3. The monoisotopic (exact) mass is 496 g/mol. The molecular formula is C21H13Cl2F3N4O3. The van der Waals surface area contributed by atoms with Crippen LogP contribution < -0.4 is 10.3 Å². The van der Waals surface area contributed by atoms with Gasteiger partial charge in [-0.05, 0) is 36.4 Å². The summed E-state index contributed by atoms with van der Waals surface area (Å²) in [5.41, 5.74) is -1.78. The Balaban J connectivity index is 1.83. The van der Waals surface area contributed by atoms with Gasteiger partial charge in [0.15, 0.2) is 5.65 Å². The molecule has 0 aliphatic carbocycles. The first kappa shape index (κ1) is 22.8. The van der Waals surface area contributed by atoms with Crippen molar-refractivity contribution in [2.24, 2.45) is 0 Å². The molecule has 0 aliphatic heterocycles. The van der Waals surface area contributed by atoms with Gasteiger partial charge in [-0.25, -0.2) is 4.98 Å². The van der Waals surface area contributed by atoms with E-state index in [1.165, 1.54) is 31.3 Å². The fourth-order valence-corrected chi connectivity index (χ4v) is 3.72. The summed E-state index contributed by atoms with van der Waals surface area (Å²) in [6.45, 7) is 1.06. The third-order valence-corrected chi connectivity index (χ3v) is 5.06. The van der Waals surface area contributed by atoms with Crippen molar-refractivity contribution in [3.8, 4) is 11.5 Å². The number of halogens is 5. The van der Waals surface area contributed by atoms with Crippen LogP contribution in [0.4, 0.5) is 13.2 Å². The lowest BCUT2D eigenvalue weighted by molar-refractivity contribution is -0.138. The summed E-state index contributed by atoms with van der Waals surface area (Å²) in [5.74, 6) is -1.49. The minimum Gasteiger partial charge on any atom is -0.451 e. The van der Waals surface area contributed by atoms with Gasteiger partial charge in [0.05, 0.1) is 12.2 Å². The Kier molecular flexibility index (Phi) is 5.89. The van der Waals surface area contributed by atoms with Crippen molar-refractivity contribution in [3.05, 3.63) is 80.4 Å². The SMILES string of the molecule is CC(=O)n1nc(Cn2ccc(C(F)(F)F)c(Oc3cc(Cl)cc(Cl)c3)c2=O)c2cccnc21. The Morgan fingerprint density at radius 3 is 2.48 bits per heavy atom. The Hall–Kier alpha value is -3.37. The van der Waals surface area contributed by atoms with Crippen LogP contribution in [0.1, 0.15) is 23.0 Å². The summed E-state index contributed by atoms with van der Waals surface area (Å²) in [6, 6.07) is 7.82. The van der Waals surface area contributed by atoms with E-state index in [4.69, 9.17) is 27.9 Å². The van der Waals surface area contributed by atoms with E-state index >= 15 is 0 Å². The summed E-state index contributed by atoms with van der Waals surface area (Å²) in [7, 11) is 0. The van der Waals surface area contributed by atoms with Crippen molar-refractivity contribution in [3.63, 3.8) is 0 Å². The minimum absolute atomic E-state index is 0.121. The molecule has 33 heavy (non-hydrogen) atoms. The first-order chi connectivity index (χ1) is 15.5. The largest absolute Gasteiger partial charge is 0.451 e. The third-order valence-electron chi connectivity index (χ3n) is 4.62. The molecule has 1 aromatic carbocycles. The zero-order valence-corrected chi connectivity index (χ0v) is 18.2. The number of carbonyl (C=O) groups excluding carboxylic acids is 1. The van der Waals surface area contributed by atoms with Crippen LogP contribution in [-0.4, -0.2) is 25.2 Å². The predicted molar refractivity (Wildman–Crippen MR) is 115 cm³/mol. The lowest BCUT2D eigenvalue weighted by atomic mass is 10.2. The molecule has 170 valence electrons. The van der Waals surface area contributed by atoms with Crippen molar-refractivity contribution in [1.82, 2.24) is 19.3 Å². The van der Waals surface area contributed by atoms with Gasteiger partial charge in [0.25, 0.3) is 5.56 Å². The highest BCUT2D eigenvalue weighted by atomic mass is 35.5. The van der Waals surface area contributed by atoms with Gasteiger partial charge >= 0.3 is 6.18 Å². The number of fused-ring (bicyclic) bond motifs is 1. The zero-order chi connectivity index (χ0) is 23.9. The molecule has 0 saturated heterocycles. The molecule has 0 spiro atoms.